The topological polar surface area (TPSA) is 63.3 Å². The Morgan fingerprint density at radius 2 is 2.17 bits per heavy atom. The number of aromatic nitrogens is 1. The first-order chi connectivity index (χ1) is 8.47. The fourth-order valence-corrected chi connectivity index (χ4v) is 1.96. The van der Waals surface area contributed by atoms with Crippen molar-refractivity contribution >= 4 is 21.9 Å². The van der Waals surface area contributed by atoms with Crippen LogP contribution in [0.15, 0.2) is 27.1 Å². The first kappa shape index (κ1) is 12.8. The van der Waals surface area contributed by atoms with Gasteiger partial charge in [0, 0.05) is 10.0 Å². The molecule has 0 unspecified atom stereocenters. The molecule has 0 fully saturated rings. The molecule has 0 spiro atoms. The Morgan fingerprint density at radius 3 is 2.78 bits per heavy atom. The Hall–Kier alpha value is -1.62. The van der Waals surface area contributed by atoms with Crippen molar-refractivity contribution in [1.29, 1.82) is 0 Å². The van der Waals surface area contributed by atoms with Crippen LogP contribution in [0.1, 0.15) is 17.0 Å². The predicted molar refractivity (Wildman–Crippen MR) is 70.5 cm³/mol. The standard InChI is InChI=1S/C13H12BrNO3/c1-7-3-4-9(5-10(7)14)13-15-11(6-12(16)17)8(2)18-13/h3-5H,6H2,1-2H3,(H,16,17). The van der Waals surface area contributed by atoms with Crippen LogP contribution in [0.4, 0.5) is 0 Å². The van der Waals surface area contributed by atoms with Crippen molar-refractivity contribution in [2.45, 2.75) is 20.3 Å². The second-order valence-corrected chi connectivity index (χ2v) is 4.91. The average Bonchev–Trinajstić information content (AvgIpc) is 2.63. The van der Waals surface area contributed by atoms with Gasteiger partial charge in [0.05, 0.1) is 12.1 Å². The summed E-state index contributed by atoms with van der Waals surface area (Å²) in [4.78, 5) is 14.9. The van der Waals surface area contributed by atoms with Gasteiger partial charge in [-0.3, -0.25) is 4.79 Å². The van der Waals surface area contributed by atoms with E-state index >= 15 is 0 Å². The summed E-state index contributed by atoms with van der Waals surface area (Å²) in [6.07, 6.45) is -0.123. The van der Waals surface area contributed by atoms with Crippen molar-refractivity contribution in [1.82, 2.24) is 4.98 Å². The Kier molecular flexibility index (Phi) is 3.52. The quantitative estimate of drug-likeness (QED) is 0.944. The molecule has 0 aliphatic rings. The SMILES string of the molecule is Cc1ccc(-c2nc(CC(=O)O)c(C)o2)cc1Br. The van der Waals surface area contributed by atoms with E-state index in [4.69, 9.17) is 9.52 Å². The van der Waals surface area contributed by atoms with Crippen molar-refractivity contribution in [2.24, 2.45) is 0 Å². The third-order valence-electron chi connectivity index (χ3n) is 2.63. The molecule has 0 saturated heterocycles. The summed E-state index contributed by atoms with van der Waals surface area (Å²) in [5, 5.41) is 8.76. The minimum absolute atomic E-state index is 0.123. The number of carbonyl (C=O) groups is 1. The summed E-state index contributed by atoms with van der Waals surface area (Å²) in [7, 11) is 0. The van der Waals surface area contributed by atoms with E-state index in [2.05, 4.69) is 20.9 Å². The van der Waals surface area contributed by atoms with E-state index in [9.17, 15) is 4.79 Å². The lowest BCUT2D eigenvalue weighted by atomic mass is 10.1. The molecule has 0 amide bonds. The number of aliphatic carboxylic acids is 1. The number of benzene rings is 1. The Labute approximate surface area is 113 Å². The third kappa shape index (κ3) is 2.61. The van der Waals surface area contributed by atoms with E-state index in [1.54, 1.807) is 6.92 Å². The molecule has 0 atom stereocenters. The molecule has 5 heteroatoms. The van der Waals surface area contributed by atoms with Gasteiger partial charge in [-0.15, -0.1) is 0 Å². The zero-order chi connectivity index (χ0) is 13.3. The van der Waals surface area contributed by atoms with Gasteiger partial charge in [0.15, 0.2) is 0 Å². The second-order valence-electron chi connectivity index (χ2n) is 4.06. The summed E-state index contributed by atoms with van der Waals surface area (Å²) in [5.74, 6) is 0.0802. The maximum atomic E-state index is 10.7. The van der Waals surface area contributed by atoms with Crippen LogP contribution < -0.4 is 0 Å². The lowest BCUT2D eigenvalue weighted by molar-refractivity contribution is -0.136. The molecule has 1 N–H and O–H groups in total. The Morgan fingerprint density at radius 1 is 1.44 bits per heavy atom. The fraction of sp³-hybridized carbons (Fsp3) is 0.231. The minimum atomic E-state index is -0.914. The highest BCUT2D eigenvalue weighted by atomic mass is 79.9. The molecule has 0 aliphatic heterocycles. The molecular formula is C13H12BrNO3. The number of rotatable bonds is 3. The van der Waals surface area contributed by atoms with Crippen LogP contribution in [0.5, 0.6) is 0 Å². The zero-order valence-corrected chi connectivity index (χ0v) is 11.6. The number of hydrogen-bond donors (Lipinski definition) is 1. The predicted octanol–water partition coefficient (Wildman–Crippen LogP) is 3.35. The largest absolute Gasteiger partial charge is 0.481 e. The molecule has 2 rings (SSSR count). The summed E-state index contributed by atoms with van der Waals surface area (Å²) in [6, 6.07) is 5.76. The van der Waals surface area contributed by atoms with Crippen LogP contribution in [0, 0.1) is 13.8 Å². The molecule has 1 heterocycles. The summed E-state index contributed by atoms with van der Waals surface area (Å²) < 4.78 is 6.47. The number of aryl methyl sites for hydroxylation is 2. The number of carboxylic acids is 1. The maximum absolute atomic E-state index is 10.7. The number of halogens is 1. The first-order valence-electron chi connectivity index (χ1n) is 5.42. The summed E-state index contributed by atoms with van der Waals surface area (Å²) in [6.45, 7) is 3.71. The molecule has 1 aromatic heterocycles. The van der Waals surface area contributed by atoms with Crippen molar-refractivity contribution in [2.75, 3.05) is 0 Å². The zero-order valence-electron chi connectivity index (χ0n) is 10.0. The van der Waals surface area contributed by atoms with E-state index in [-0.39, 0.29) is 6.42 Å². The molecule has 4 nitrogen and oxygen atoms in total. The van der Waals surface area contributed by atoms with Crippen molar-refractivity contribution in [3.05, 3.63) is 39.7 Å². The van der Waals surface area contributed by atoms with Crippen LogP contribution in [0.3, 0.4) is 0 Å². The molecular weight excluding hydrogens is 298 g/mol. The van der Waals surface area contributed by atoms with Crippen molar-refractivity contribution < 1.29 is 14.3 Å². The van der Waals surface area contributed by atoms with Crippen molar-refractivity contribution in [3.8, 4) is 11.5 Å². The van der Waals surface area contributed by atoms with Gasteiger partial charge in [-0.1, -0.05) is 22.0 Å². The van der Waals surface area contributed by atoms with Crippen molar-refractivity contribution in [3.63, 3.8) is 0 Å². The summed E-state index contributed by atoms with van der Waals surface area (Å²) >= 11 is 3.45. The van der Waals surface area contributed by atoms with Gasteiger partial charge >= 0.3 is 5.97 Å². The van der Waals surface area contributed by atoms with Gasteiger partial charge < -0.3 is 9.52 Å². The minimum Gasteiger partial charge on any atom is -0.481 e. The smallest absolute Gasteiger partial charge is 0.309 e. The van der Waals surface area contributed by atoms with Gasteiger partial charge in [0.1, 0.15) is 5.76 Å². The van der Waals surface area contributed by atoms with Gasteiger partial charge in [0.2, 0.25) is 5.89 Å². The molecule has 0 saturated carbocycles. The molecule has 0 bridgehead atoms. The molecule has 2 aromatic rings. The molecule has 1 aromatic carbocycles. The molecule has 0 radical (unpaired) electrons. The highest BCUT2D eigenvalue weighted by Gasteiger charge is 2.14. The van der Waals surface area contributed by atoms with Gasteiger partial charge in [-0.25, -0.2) is 4.98 Å². The number of hydrogen-bond acceptors (Lipinski definition) is 3. The number of carboxylic acid groups (broad SMARTS) is 1. The highest BCUT2D eigenvalue weighted by molar-refractivity contribution is 9.10. The molecule has 0 aliphatic carbocycles. The monoisotopic (exact) mass is 309 g/mol. The lowest BCUT2D eigenvalue weighted by Gasteiger charge is -1.99. The van der Waals surface area contributed by atoms with Gasteiger partial charge in [-0.2, -0.15) is 0 Å². The lowest BCUT2D eigenvalue weighted by Crippen LogP contribution is -2.01. The number of oxazole rings is 1. The van der Waals surface area contributed by atoms with E-state index < -0.39 is 5.97 Å². The summed E-state index contributed by atoms with van der Waals surface area (Å²) in [5.41, 5.74) is 2.41. The first-order valence-corrected chi connectivity index (χ1v) is 6.21. The van der Waals surface area contributed by atoms with Gasteiger partial charge in [-0.05, 0) is 31.5 Å². The van der Waals surface area contributed by atoms with Crippen LogP contribution in [-0.4, -0.2) is 16.1 Å². The molecule has 18 heavy (non-hydrogen) atoms. The Bertz CT molecular complexity index is 604. The van der Waals surface area contributed by atoms with E-state index in [0.29, 0.717) is 17.3 Å². The van der Waals surface area contributed by atoms with Crippen LogP contribution in [0.2, 0.25) is 0 Å². The number of nitrogens with zero attached hydrogens (tertiary/aromatic N) is 1. The van der Waals surface area contributed by atoms with E-state index in [0.717, 1.165) is 15.6 Å². The molecule has 94 valence electrons. The average molecular weight is 310 g/mol. The van der Waals surface area contributed by atoms with Gasteiger partial charge in [0.25, 0.3) is 0 Å². The normalized spacial score (nSPS) is 10.6. The van der Waals surface area contributed by atoms with E-state index in [1.807, 2.05) is 25.1 Å². The second kappa shape index (κ2) is 4.94. The fourth-order valence-electron chi connectivity index (χ4n) is 1.58. The van der Waals surface area contributed by atoms with Crippen LogP contribution in [-0.2, 0) is 11.2 Å². The van der Waals surface area contributed by atoms with E-state index in [1.165, 1.54) is 0 Å². The third-order valence-corrected chi connectivity index (χ3v) is 3.48. The Balaban J connectivity index is 2.39. The van der Waals surface area contributed by atoms with Crippen LogP contribution in [0.25, 0.3) is 11.5 Å². The highest BCUT2D eigenvalue weighted by Crippen LogP contribution is 2.26. The maximum Gasteiger partial charge on any atom is 0.309 e. The van der Waals surface area contributed by atoms with Crippen LogP contribution >= 0.6 is 15.9 Å².